The summed E-state index contributed by atoms with van der Waals surface area (Å²) in [6, 6.07) is 6.72. The maximum absolute atomic E-state index is 11.4. The van der Waals surface area contributed by atoms with Crippen LogP contribution in [0.3, 0.4) is 0 Å². The second-order valence-corrected chi connectivity index (χ2v) is 3.49. The monoisotopic (exact) mass is 231 g/mol. The Balaban J connectivity index is 2.87. The third-order valence-electron chi connectivity index (χ3n) is 2.23. The van der Waals surface area contributed by atoms with E-state index in [0.29, 0.717) is 11.3 Å². The van der Waals surface area contributed by atoms with E-state index in [9.17, 15) is 9.59 Å². The summed E-state index contributed by atoms with van der Waals surface area (Å²) in [5.74, 6) is -0.536. The van der Waals surface area contributed by atoms with Crippen LogP contribution in [0.15, 0.2) is 18.2 Å². The molecule has 0 atom stereocenters. The summed E-state index contributed by atoms with van der Waals surface area (Å²) in [5.41, 5.74) is 1.92. The molecule has 0 bridgehead atoms. The quantitative estimate of drug-likeness (QED) is 0.820. The highest BCUT2D eigenvalue weighted by Gasteiger charge is 2.07. The van der Waals surface area contributed by atoms with Gasteiger partial charge in [0.25, 0.3) is 5.91 Å². The Morgan fingerprint density at radius 1 is 1.41 bits per heavy atom. The van der Waals surface area contributed by atoms with Gasteiger partial charge in [-0.25, -0.2) is 0 Å². The lowest BCUT2D eigenvalue weighted by Gasteiger charge is -2.08. The van der Waals surface area contributed by atoms with E-state index in [4.69, 9.17) is 5.26 Å². The van der Waals surface area contributed by atoms with Gasteiger partial charge in [-0.15, -0.1) is 0 Å². The van der Waals surface area contributed by atoms with Gasteiger partial charge in [0.2, 0.25) is 5.91 Å². The highest BCUT2D eigenvalue weighted by molar-refractivity contribution is 5.96. The number of carbonyl (C=O) groups is 2. The molecule has 1 rings (SSSR count). The zero-order valence-corrected chi connectivity index (χ0v) is 9.70. The van der Waals surface area contributed by atoms with E-state index in [2.05, 4.69) is 10.6 Å². The number of hydrogen-bond donors (Lipinski definition) is 2. The summed E-state index contributed by atoms with van der Waals surface area (Å²) < 4.78 is 0. The summed E-state index contributed by atoms with van der Waals surface area (Å²) in [7, 11) is 1.56. The molecule has 0 saturated heterocycles. The molecule has 0 radical (unpaired) electrons. The number of nitriles is 1. The zero-order chi connectivity index (χ0) is 12.8. The maximum Gasteiger partial charge on any atom is 0.251 e. The van der Waals surface area contributed by atoms with Crippen LogP contribution in [-0.4, -0.2) is 18.9 Å². The summed E-state index contributed by atoms with van der Waals surface area (Å²) in [6.45, 7) is 1.79. The third kappa shape index (κ3) is 3.31. The minimum absolute atomic E-state index is 0.178. The lowest BCUT2D eigenvalue weighted by Crippen LogP contribution is -2.18. The Hall–Kier alpha value is -2.35. The van der Waals surface area contributed by atoms with Crippen molar-refractivity contribution in [2.24, 2.45) is 0 Å². The third-order valence-corrected chi connectivity index (χ3v) is 2.23. The number of hydrogen-bond acceptors (Lipinski definition) is 3. The maximum atomic E-state index is 11.4. The average Bonchev–Trinajstić information content (AvgIpc) is 2.31. The first-order valence-electron chi connectivity index (χ1n) is 5.08. The van der Waals surface area contributed by atoms with Crippen molar-refractivity contribution >= 4 is 17.5 Å². The molecule has 0 aliphatic heterocycles. The first kappa shape index (κ1) is 12.7. The molecule has 0 saturated carbocycles. The van der Waals surface area contributed by atoms with Crippen LogP contribution in [-0.2, 0) is 4.79 Å². The van der Waals surface area contributed by atoms with E-state index < -0.39 is 0 Å². The lowest BCUT2D eigenvalue weighted by molar-refractivity contribution is -0.115. The average molecular weight is 231 g/mol. The van der Waals surface area contributed by atoms with E-state index in [1.54, 1.807) is 38.2 Å². The standard InChI is InChI=1S/C12H13N3O2/c1-8-7-9(12(17)14-2)3-4-10(8)15-11(16)5-6-13/h3-4,7H,5H2,1-2H3,(H,14,17)(H,15,16). The summed E-state index contributed by atoms with van der Waals surface area (Å²) in [4.78, 5) is 22.6. The Morgan fingerprint density at radius 2 is 2.12 bits per heavy atom. The second kappa shape index (κ2) is 5.66. The molecule has 5 heteroatoms. The van der Waals surface area contributed by atoms with Crippen LogP contribution < -0.4 is 10.6 Å². The number of rotatable bonds is 3. The molecule has 2 N–H and O–H groups in total. The lowest BCUT2D eigenvalue weighted by atomic mass is 10.1. The normalized spacial score (nSPS) is 9.24. The Kier molecular flexibility index (Phi) is 4.23. The number of nitrogens with zero attached hydrogens (tertiary/aromatic N) is 1. The minimum atomic E-state index is -0.358. The fraction of sp³-hybridized carbons (Fsp3) is 0.250. The molecule has 5 nitrogen and oxygen atoms in total. The first-order chi connectivity index (χ1) is 8.08. The molecule has 0 heterocycles. The molecule has 0 unspecified atom stereocenters. The van der Waals surface area contributed by atoms with E-state index in [1.165, 1.54) is 0 Å². The number of aryl methyl sites for hydroxylation is 1. The highest BCUT2D eigenvalue weighted by atomic mass is 16.2. The molecule has 88 valence electrons. The topological polar surface area (TPSA) is 82.0 Å². The van der Waals surface area contributed by atoms with Gasteiger partial charge in [-0.3, -0.25) is 9.59 Å². The second-order valence-electron chi connectivity index (χ2n) is 3.49. The number of benzene rings is 1. The van der Waals surface area contributed by atoms with Gasteiger partial charge < -0.3 is 10.6 Å². The van der Waals surface area contributed by atoms with Gasteiger partial charge in [0.05, 0.1) is 6.07 Å². The number of nitrogens with one attached hydrogen (secondary N) is 2. The molecule has 0 aliphatic carbocycles. The Labute approximate surface area is 99.4 Å². The predicted octanol–water partition coefficient (Wildman–Crippen LogP) is 1.21. The van der Waals surface area contributed by atoms with Crippen molar-refractivity contribution in [1.82, 2.24) is 5.32 Å². The molecule has 0 spiro atoms. The fourth-order valence-electron chi connectivity index (χ4n) is 1.36. The SMILES string of the molecule is CNC(=O)c1ccc(NC(=O)CC#N)c(C)c1. The molecule has 2 amide bonds. The van der Waals surface area contributed by atoms with Gasteiger partial charge in [0, 0.05) is 18.3 Å². The van der Waals surface area contributed by atoms with Gasteiger partial charge in [0.15, 0.2) is 0 Å². The molecule has 0 aromatic heterocycles. The first-order valence-corrected chi connectivity index (χ1v) is 5.08. The Morgan fingerprint density at radius 3 is 2.65 bits per heavy atom. The van der Waals surface area contributed by atoms with Crippen LogP contribution >= 0.6 is 0 Å². The van der Waals surface area contributed by atoms with Crippen LogP contribution in [0.2, 0.25) is 0 Å². The summed E-state index contributed by atoms with van der Waals surface area (Å²) >= 11 is 0. The zero-order valence-electron chi connectivity index (χ0n) is 9.70. The Bertz CT molecular complexity index is 489. The van der Waals surface area contributed by atoms with Crippen LogP contribution in [0.5, 0.6) is 0 Å². The van der Waals surface area contributed by atoms with Gasteiger partial charge in [-0.2, -0.15) is 5.26 Å². The minimum Gasteiger partial charge on any atom is -0.355 e. The summed E-state index contributed by atoms with van der Waals surface area (Å²) in [6.07, 6.45) is -0.184. The van der Waals surface area contributed by atoms with Gasteiger partial charge in [0.1, 0.15) is 6.42 Å². The molecule has 1 aromatic carbocycles. The predicted molar refractivity (Wildman–Crippen MR) is 63.4 cm³/mol. The van der Waals surface area contributed by atoms with E-state index in [0.717, 1.165) is 5.56 Å². The van der Waals surface area contributed by atoms with Crippen LogP contribution in [0.1, 0.15) is 22.3 Å². The van der Waals surface area contributed by atoms with Crippen molar-refractivity contribution in [1.29, 1.82) is 5.26 Å². The number of amides is 2. The van der Waals surface area contributed by atoms with Crippen LogP contribution in [0.4, 0.5) is 5.69 Å². The number of carbonyl (C=O) groups excluding carboxylic acids is 2. The van der Waals surface area contributed by atoms with Crippen molar-refractivity contribution in [3.63, 3.8) is 0 Å². The molecule has 0 aliphatic rings. The van der Waals surface area contributed by atoms with Crippen molar-refractivity contribution in [2.45, 2.75) is 13.3 Å². The molecular weight excluding hydrogens is 218 g/mol. The van der Waals surface area contributed by atoms with E-state index in [1.807, 2.05) is 0 Å². The van der Waals surface area contributed by atoms with Gasteiger partial charge in [-0.1, -0.05) is 0 Å². The van der Waals surface area contributed by atoms with E-state index >= 15 is 0 Å². The highest BCUT2D eigenvalue weighted by Crippen LogP contribution is 2.16. The van der Waals surface area contributed by atoms with Crippen LogP contribution in [0.25, 0.3) is 0 Å². The molecule has 0 fully saturated rings. The molecule has 17 heavy (non-hydrogen) atoms. The van der Waals surface area contributed by atoms with Crippen molar-refractivity contribution in [2.75, 3.05) is 12.4 Å². The van der Waals surface area contributed by atoms with Gasteiger partial charge >= 0.3 is 0 Å². The molecular formula is C12H13N3O2. The van der Waals surface area contributed by atoms with Crippen molar-refractivity contribution in [3.8, 4) is 6.07 Å². The van der Waals surface area contributed by atoms with Gasteiger partial charge in [-0.05, 0) is 30.7 Å². The van der Waals surface area contributed by atoms with Crippen molar-refractivity contribution in [3.05, 3.63) is 29.3 Å². The molecule has 1 aromatic rings. The fourth-order valence-corrected chi connectivity index (χ4v) is 1.36. The van der Waals surface area contributed by atoms with E-state index in [-0.39, 0.29) is 18.2 Å². The number of anilines is 1. The largest absolute Gasteiger partial charge is 0.355 e. The smallest absolute Gasteiger partial charge is 0.251 e. The summed E-state index contributed by atoms with van der Waals surface area (Å²) in [5, 5.41) is 13.5. The van der Waals surface area contributed by atoms with Crippen LogP contribution in [0, 0.1) is 18.3 Å². The van der Waals surface area contributed by atoms with Crippen molar-refractivity contribution < 1.29 is 9.59 Å².